The van der Waals surface area contributed by atoms with E-state index in [-0.39, 0.29) is 12.1 Å². The summed E-state index contributed by atoms with van der Waals surface area (Å²) in [7, 11) is 3.26. The Labute approximate surface area is 161 Å². The van der Waals surface area contributed by atoms with E-state index in [9.17, 15) is 4.79 Å². The van der Waals surface area contributed by atoms with E-state index in [0.717, 1.165) is 40.1 Å². The number of rotatable bonds is 4. The quantitative estimate of drug-likeness (QED) is 0.710. The summed E-state index contributed by atoms with van der Waals surface area (Å²) < 4.78 is 11.9. The fourth-order valence-corrected chi connectivity index (χ4v) is 4.37. The van der Waals surface area contributed by atoms with E-state index in [1.807, 2.05) is 47.4 Å². The number of para-hydroxylation sites is 1. The van der Waals surface area contributed by atoms with Crippen molar-refractivity contribution < 1.29 is 14.3 Å². The van der Waals surface area contributed by atoms with E-state index in [4.69, 9.17) is 9.47 Å². The summed E-state index contributed by atoms with van der Waals surface area (Å²) in [4.78, 5) is 19.3. The maximum Gasteiger partial charge on any atom is 0.324 e. The van der Waals surface area contributed by atoms with Crippen LogP contribution in [0.4, 0.5) is 9.93 Å². The number of hydrogen-bond acceptors (Lipinski definition) is 5. The Morgan fingerprint density at radius 1 is 1.22 bits per heavy atom. The lowest BCUT2D eigenvalue weighted by atomic mass is 10.0. The number of amides is 2. The van der Waals surface area contributed by atoms with E-state index in [1.165, 1.54) is 11.3 Å². The van der Waals surface area contributed by atoms with Crippen LogP contribution in [0.2, 0.25) is 0 Å². The number of hydrogen-bond donors (Lipinski definition) is 1. The molecule has 1 N–H and O–H groups in total. The van der Waals surface area contributed by atoms with Gasteiger partial charge in [0.1, 0.15) is 11.5 Å². The molecule has 1 atom stereocenters. The molecular formula is C20H21N3O3S. The molecule has 1 aliphatic heterocycles. The van der Waals surface area contributed by atoms with Gasteiger partial charge in [0.25, 0.3) is 0 Å². The van der Waals surface area contributed by atoms with Crippen molar-refractivity contribution in [2.45, 2.75) is 18.9 Å². The highest BCUT2D eigenvalue weighted by atomic mass is 32.1. The van der Waals surface area contributed by atoms with Gasteiger partial charge in [0.2, 0.25) is 0 Å². The maximum atomic E-state index is 12.9. The SMILES string of the molecule is COc1ccc([C@@H]2CCCN2C(=O)Nc2nc3ccccc3s2)c(OC)c1. The number of carbonyl (C=O) groups is 1. The Hall–Kier alpha value is -2.80. The number of nitrogens with one attached hydrogen (secondary N) is 1. The van der Waals surface area contributed by atoms with Crippen molar-refractivity contribution in [3.05, 3.63) is 48.0 Å². The molecule has 0 unspecified atom stereocenters. The molecule has 0 saturated carbocycles. The highest BCUT2D eigenvalue weighted by molar-refractivity contribution is 7.22. The number of ether oxygens (including phenoxy) is 2. The summed E-state index contributed by atoms with van der Waals surface area (Å²) in [5.41, 5.74) is 1.89. The Bertz CT molecular complexity index is 939. The van der Waals surface area contributed by atoms with Crippen LogP contribution in [0.1, 0.15) is 24.4 Å². The van der Waals surface area contributed by atoms with Gasteiger partial charge in [-0.1, -0.05) is 23.5 Å². The van der Waals surface area contributed by atoms with E-state index < -0.39 is 0 Å². The molecule has 0 spiro atoms. The molecule has 7 heteroatoms. The zero-order valence-corrected chi connectivity index (χ0v) is 16.1. The Morgan fingerprint density at radius 2 is 2.07 bits per heavy atom. The summed E-state index contributed by atoms with van der Waals surface area (Å²) >= 11 is 1.48. The van der Waals surface area contributed by atoms with Crippen LogP contribution in [0.25, 0.3) is 10.2 Å². The maximum absolute atomic E-state index is 12.9. The molecule has 27 heavy (non-hydrogen) atoms. The van der Waals surface area contributed by atoms with Gasteiger partial charge in [-0.05, 0) is 37.1 Å². The van der Waals surface area contributed by atoms with Gasteiger partial charge in [-0.15, -0.1) is 0 Å². The number of benzene rings is 2. The largest absolute Gasteiger partial charge is 0.497 e. The van der Waals surface area contributed by atoms with Crippen molar-refractivity contribution in [2.24, 2.45) is 0 Å². The van der Waals surface area contributed by atoms with Crippen LogP contribution < -0.4 is 14.8 Å². The van der Waals surface area contributed by atoms with Crippen molar-refractivity contribution in [1.82, 2.24) is 9.88 Å². The zero-order valence-electron chi connectivity index (χ0n) is 15.3. The number of thiazole rings is 1. The van der Waals surface area contributed by atoms with E-state index in [1.54, 1.807) is 14.2 Å². The van der Waals surface area contributed by atoms with Gasteiger partial charge < -0.3 is 14.4 Å². The number of likely N-dealkylation sites (tertiary alicyclic amines) is 1. The second-order valence-corrected chi connectivity index (χ2v) is 7.41. The molecule has 0 aliphatic carbocycles. The first-order valence-corrected chi connectivity index (χ1v) is 9.66. The smallest absolute Gasteiger partial charge is 0.324 e. The number of aromatic nitrogens is 1. The van der Waals surface area contributed by atoms with Crippen molar-refractivity contribution in [3.63, 3.8) is 0 Å². The number of anilines is 1. The highest BCUT2D eigenvalue weighted by Crippen LogP contribution is 2.39. The minimum Gasteiger partial charge on any atom is -0.497 e. The van der Waals surface area contributed by atoms with Crippen molar-refractivity contribution >= 4 is 32.7 Å². The molecule has 0 radical (unpaired) electrons. The molecule has 2 heterocycles. The molecule has 4 rings (SSSR count). The van der Waals surface area contributed by atoms with Gasteiger partial charge in [-0.2, -0.15) is 0 Å². The number of fused-ring (bicyclic) bond motifs is 1. The average Bonchev–Trinajstić information content (AvgIpc) is 3.33. The first-order valence-electron chi connectivity index (χ1n) is 8.84. The standard InChI is InChI=1S/C20H21N3O3S/c1-25-13-9-10-14(17(12-13)26-2)16-7-5-11-23(16)20(24)22-19-21-15-6-3-4-8-18(15)27-19/h3-4,6,8-10,12,16H,5,7,11H2,1-2H3,(H,21,22,24)/t16-/m0/s1. The fourth-order valence-electron chi connectivity index (χ4n) is 3.52. The van der Waals surface area contributed by atoms with Crippen LogP contribution in [0.5, 0.6) is 11.5 Å². The monoisotopic (exact) mass is 383 g/mol. The van der Waals surface area contributed by atoms with Crippen LogP contribution in [0.15, 0.2) is 42.5 Å². The van der Waals surface area contributed by atoms with Crippen LogP contribution in [-0.4, -0.2) is 36.7 Å². The topological polar surface area (TPSA) is 63.7 Å². The molecule has 1 aromatic heterocycles. The molecule has 140 valence electrons. The molecule has 1 saturated heterocycles. The fraction of sp³-hybridized carbons (Fsp3) is 0.300. The third kappa shape index (κ3) is 3.42. The highest BCUT2D eigenvalue weighted by Gasteiger charge is 2.32. The molecule has 3 aromatic rings. The molecule has 2 amide bonds. The molecule has 1 fully saturated rings. The average molecular weight is 383 g/mol. The minimum absolute atomic E-state index is 0.0276. The van der Waals surface area contributed by atoms with Crippen LogP contribution in [0.3, 0.4) is 0 Å². The van der Waals surface area contributed by atoms with E-state index >= 15 is 0 Å². The lowest BCUT2D eigenvalue weighted by molar-refractivity contribution is 0.206. The summed E-state index contributed by atoms with van der Waals surface area (Å²) in [5.74, 6) is 1.47. The van der Waals surface area contributed by atoms with Crippen LogP contribution in [0, 0.1) is 0 Å². The van der Waals surface area contributed by atoms with Crippen LogP contribution >= 0.6 is 11.3 Å². The third-order valence-electron chi connectivity index (χ3n) is 4.82. The molecule has 0 bridgehead atoms. The first kappa shape index (κ1) is 17.6. The Morgan fingerprint density at radius 3 is 2.85 bits per heavy atom. The number of nitrogens with zero attached hydrogens (tertiary/aromatic N) is 2. The lowest BCUT2D eigenvalue weighted by Gasteiger charge is -2.26. The molecule has 2 aromatic carbocycles. The van der Waals surface area contributed by atoms with Gasteiger partial charge in [-0.25, -0.2) is 9.78 Å². The Kier molecular flexibility index (Phi) is 4.85. The molecular weight excluding hydrogens is 362 g/mol. The van der Waals surface area contributed by atoms with Gasteiger partial charge in [0, 0.05) is 18.2 Å². The summed E-state index contributed by atoms with van der Waals surface area (Å²) in [6.45, 7) is 0.705. The Balaban J connectivity index is 1.56. The summed E-state index contributed by atoms with van der Waals surface area (Å²) in [6, 6.07) is 13.4. The number of urea groups is 1. The van der Waals surface area contributed by atoms with Crippen molar-refractivity contribution in [2.75, 3.05) is 26.1 Å². The van der Waals surface area contributed by atoms with Gasteiger partial charge >= 0.3 is 6.03 Å². The van der Waals surface area contributed by atoms with Crippen molar-refractivity contribution in [3.8, 4) is 11.5 Å². The molecule has 6 nitrogen and oxygen atoms in total. The number of carbonyl (C=O) groups excluding carboxylic acids is 1. The molecule has 1 aliphatic rings. The van der Waals surface area contributed by atoms with Gasteiger partial charge in [0.05, 0.1) is 30.5 Å². The summed E-state index contributed by atoms with van der Waals surface area (Å²) in [5, 5.41) is 3.58. The third-order valence-corrected chi connectivity index (χ3v) is 5.77. The lowest BCUT2D eigenvalue weighted by Crippen LogP contribution is -2.34. The second kappa shape index (κ2) is 7.44. The van der Waals surface area contributed by atoms with Gasteiger partial charge in [0.15, 0.2) is 5.13 Å². The first-order chi connectivity index (χ1) is 13.2. The number of methoxy groups -OCH3 is 2. The van der Waals surface area contributed by atoms with Crippen LogP contribution in [-0.2, 0) is 0 Å². The minimum atomic E-state index is -0.130. The van der Waals surface area contributed by atoms with E-state index in [2.05, 4.69) is 10.3 Å². The summed E-state index contributed by atoms with van der Waals surface area (Å²) in [6.07, 6.45) is 1.85. The zero-order chi connectivity index (χ0) is 18.8. The normalized spacial score (nSPS) is 16.5. The van der Waals surface area contributed by atoms with E-state index in [0.29, 0.717) is 11.7 Å². The predicted molar refractivity (Wildman–Crippen MR) is 107 cm³/mol. The predicted octanol–water partition coefficient (Wildman–Crippen LogP) is 4.68. The second-order valence-electron chi connectivity index (χ2n) is 6.38. The van der Waals surface area contributed by atoms with Crippen molar-refractivity contribution in [1.29, 1.82) is 0 Å². The van der Waals surface area contributed by atoms with Gasteiger partial charge in [-0.3, -0.25) is 5.32 Å².